The number of carbonyl (C=O) groups is 2. The van der Waals surface area contributed by atoms with Crippen LogP contribution in [0.25, 0.3) is 0 Å². The number of aliphatic hydroxyl groups excluding tert-OH is 1. The molecule has 0 heterocycles. The fraction of sp³-hybridized carbons (Fsp3) is 0.429. The van der Waals surface area contributed by atoms with Gasteiger partial charge in [-0.1, -0.05) is 19.1 Å². The zero-order valence-electron chi connectivity index (χ0n) is 11.4. The third-order valence-electron chi connectivity index (χ3n) is 2.89. The van der Waals surface area contributed by atoms with Crippen molar-refractivity contribution in [1.82, 2.24) is 10.6 Å². The largest absolute Gasteiger partial charge is 0.508 e. The minimum absolute atomic E-state index is 0.187. The third kappa shape index (κ3) is 5.27. The number of phenolic OH excluding ortho intramolecular Hbond substituents is 1. The monoisotopic (exact) mass is 280 g/mol. The third-order valence-corrected chi connectivity index (χ3v) is 2.89. The van der Waals surface area contributed by atoms with Crippen molar-refractivity contribution >= 4 is 11.8 Å². The van der Waals surface area contributed by atoms with E-state index in [4.69, 9.17) is 10.2 Å². The summed E-state index contributed by atoms with van der Waals surface area (Å²) < 4.78 is 0. The molecule has 110 valence electrons. The van der Waals surface area contributed by atoms with Gasteiger partial charge in [0.25, 0.3) is 0 Å². The molecule has 0 saturated heterocycles. The highest BCUT2D eigenvalue weighted by molar-refractivity contribution is 6.35. The Hall–Kier alpha value is -2.08. The predicted octanol–water partition coefficient (Wildman–Crippen LogP) is -0.0620. The van der Waals surface area contributed by atoms with Gasteiger partial charge in [-0.3, -0.25) is 9.59 Å². The summed E-state index contributed by atoms with van der Waals surface area (Å²) in [5.74, 6) is -1.26. The number of rotatable bonds is 6. The van der Waals surface area contributed by atoms with Crippen molar-refractivity contribution in [2.75, 3.05) is 13.2 Å². The average molecular weight is 280 g/mol. The van der Waals surface area contributed by atoms with Gasteiger partial charge in [0.05, 0.1) is 12.6 Å². The fourth-order valence-electron chi connectivity index (χ4n) is 1.59. The van der Waals surface area contributed by atoms with Crippen molar-refractivity contribution in [2.45, 2.75) is 25.8 Å². The van der Waals surface area contributed by atoms with E-state index in [2.05, 4.69) is 10.6 Å². The van der Waals surface area contributed by atoms with Gasteiger partial charge in [0.2, 0.25) is 0 Å². The number of aromatic hydroxyl groups is 1. The molecule has 0 aliphatic carbocycles. The Kier molecular flexibility index (Phi) is 6.52. The average Bonchev–Trinajstić information content (AvgIpc) is 2.46. The van der Waals surface area contributed by atoms with Crippen molar-refractivity contribution in [3.63, 3.8) is 0 Å². The van der Waals surface area contributed by atoms with Crippen LogP contribution >= 0.6 is 0 Å². The summed E-state index contributed by atoms with van der Waals surface area (Å²) in [6.07, 6.45) is 1.12. The van der Waals surface area contributed by atoms with Gasteiger partial charge in [-0.05, 0) is 30.5 Å². The molecular formula is C14H20N2O4. The second kappa shape index (κ2) is 8.16. The zero-order valence-corrected chi connectivity index (χ0v) is 11.4. The minimum Gasteiger partial charge on any atom is -0.508 e. The Morgan fingerprint density at radius 2 is 1.85 bits per heavy atom. The van der Waals surface area contributed by atoms with Crippen LogP contribution in [-0.4, -0.2) is 41.2 Å². The van der Waals surface area contributed by atoms with Gasteiger partial charge in [-0.2, -0.15) is 0 Å². The highest BCUT2D eigenvalue weighted by atomic mass is 16.3. The van der Waals surface area contributed by atoms with Gasteiger partial charge in [-0.25, -0.2) is 0 Å². The molecule has 1 atom stereocenters. The molecule has 0 aliphatic heterocycles. The number of nitrogens with one attached hydrogen (secondary N) is 2. The van der Waals surface area contributed by atoms with Crippen LogP contribution in [0.3, 0.4) is 0 Å². The number of phenols is 1. The van der Waals surface area contributed by atoms with Crippen LogP contribution in [0.5, 0.6) is 5.75 Å². The highest BCUT2D eigenvalue weighted by Crippen LogP contribution is 2.09. The first-order chi connectivity index (χ1) is 9.56. The maximum atomic E-state index is 11.5. The number of benzene rings is 1. The normalized spacial score (nSPS) is 11.7. The zero-order chi connectivity index (χ0) is 15.0. The topological polar surface area (TPSA) is 98.7 Å². The summed E-state index contributed by atoms with van der Waals surface area (Å²) in [6.45, 7) is 1.94. The molecule has 1 aromatic carbocycles. The van der Waals surface area contributed by atoms with Crippen LogP contribution in [0.1, 0.15) is 18.9 Å². The highest BCUT2D eigenvalue weighted by Gasteiger charge is 2.16. The Labute approximate surface area is 117 Å². The lowest BCUT2D eigenvalue weighted by atomic mass is 10.1. The first kappa shape index (κ1) is 16.0. The minimum atomic E-state index is -0.739. The molecule has 2 amide bonds. The van der Waals surface area contributed by atoms with Crippen LogP contribution in [0, 0.1) is 0 Å². The van der Waals surface area contributed by atoms with Crippen LogP contribution < -0.4 is 10.6 Å². The van der Waals surface area contributed by atoms with Crippen LogP contribution in [0.4, 0.5) is 0 Å². The SMILES string of the molecule is CCC(CO)NC(=O)C(=O)NCCc1ccc(O)cc1. The number of aliphatic hydroxyl groups is 1. The number of hydrogen-bond donors (Lipinski definition) is 4. The summed E-state index contributed by atoms with van der Waals surface area (Å²) in [5, 5.41) is 23.0. The van der Waals surface area contributed by atoms with E-state index in [-0.39, 0.29) is 12.4 Å². The molecule has 0 aromatic heterocycles. The quantitative estimate of drug-likeness (QED) is 0.549. The van der Waals surface area contributed by atoms with E-state index in [0.29, 0.717) is 19.4 Å². The molecule has 0 spiro atoms. The number of hydrogen-bond acceptors (Lipinski definition) is 4. The molecule has 0 fully saturated rings. The second-order valence-electron chi connectivity index (χ2n) is 4.43. The van der Waals surface area contributed by atoms with Crippen LogP contribution in [-0.2, 0) is 16.0 Å². The molecular weight excluding hydrogens is 260 g/mol. The van der Waals surface area contributed by atoms with E-state index in [1.54, 1.807) is 24.3 Å². The lowest BCUT2D eigenvalue weighted by Gasteiger charge is -2.13. The lowest BCUT2D eigenvalue weighted by Crippen LogP contribution is -2.46. The van der Waals surface area contributed by atoms with E-state index < -0.39 is 17.9 Å². The Bertz CT molecular complexity index is 441. The second-order valence-corrected chi connectivity index (χ2v) is 4.43. The van der Waals surface area contributed by atoms with E-state index in [1.807, 2.05) is 6.92 Å². The predicted molar refractivity (Wildman–Crippen MR) is 74.1 cm³/mol. The standard InChI is InChI=1S/C14H20N2O4/c1-2-11(9-17)16-14(20)13(19)15-8-7-10-3-5-12(18)6-4-10/h3-6,11,17-18H,2,7-9H2,1H3,(H,15,19)(H,16,20). The molecule has 0 saturated carbocycles. The van der Waals surface area contributed by atoms with E-state index in [1.165, 1.54) is 0 Å². The summed E-state index contributed by atoms with van der Waals surface area (Å²) >= 11 is 0. The first-order valence-electron chi connectivity index (χ1n) is 6.54. The van der Waals surface area contributed by atoms with Crippen molar-refractivity contribution in [3.05, 3.63) is 29.8 Å². The van der Waals surface area contributed by atoms with Gasteiger partial charge in [0.15, 0.2) is 0 Å². The molecule has 6 nitrogen and oxygen atoms in total. The van der Waals surface area contributed by atoms with E-state index in [9.17, 15) is 9.59 Å². The summed E-state index contributed by atoms with van der Waals surface area (Å²) in [6, 6.07) is 6.24. The molecule has 0 bridgehead atoms. The van der Waals surface area contributed by atoms with Crippen molar-refractivity contribution in [3.8, 4) is 5.75 Å². The summed E-state index contributed by atoms with van der Waals surface area (Å²) in [7, 11) is 0. The van der Waals surface area contributed by atoms with Crippen molar-refractivity contribution in [2.24, 2.45) is 0 Å². The van der Waals surface area contributed by atoms with E-state index in [0.717, 1.165) is 5.56 Å². The van der Waals surface area contributed by atoms with Gasteiger partial charge in [0, 0.05) is 6.54 Å². The number of carbonyl (C=O) groups excluding carboxylic acids is 2. The molecule has 4 N–H and O–H groups in total. The lowest BCUT2D eigenvalue weighted by molar-refractivity contribution is -0.139. The van der Waals surface area contributed by atoms with Gasteiger partial charge >= 0.3 is 11.8 Å². The Balaban J connectivity index is 2.32. The molecule has 1 rings (SSSR count). The number of amides is 2. The van der Waals surface area contributed by atoms with Gasteiger partial charge < -0.3 is 20.8 Å². The van der Waals surface area contributed by atoms with Gasteiger partial charge in [0.1, 0.15) is 5.75 Å². The molecule has 0 aliphatic rings. The molecule has 20 heavy (non-hydrogen) atoms. The maximum absolute atomic E-state index is 11.5. The van der Waals surface area contributed by atoms with Crippen LogP contribution in [0.15, 0.2) is 24.3 Å². The van der Waals surface area contributed by atoms with Crippen molar-refractivity contribution in [1.29, 1.82) is 0 Å². The summed E-state index contributed by atoms with van der Waals surface area (Å²) in [5.41, 5.74) is 0.949. The first-order valence-corrected chi connectivity index (χ1v) is 6.54. The molecule has 6 heteroatoms. The Morgan fingerprint density at radius 1 is 1.20 bits per heavy atom. The fourth-order valence-corrected chi connectivity index (χ4v) is 1.59. The summed E-state index contributed by atoms with van der Waals surface area (Å²) in [4.78, 5) is 23.0. The van der Waals surface area contributed by atoms with Gasteiger partial charge in [-0.15, -0.1) is 0 Å². The Morgan fingerprint density at radius 3 is 2.40 bits per heavy atom. The molecule has 1 unspecified atom stereocenters. The maximum Gasteiger partial charge on any atom is 0.309 e. The smallest absolute Gasteiger partial charge is 0.309 e. The molecule has 0 radical (unpaired) electrons. The van der Waals surface area contributed by atoms with Crippen molar-refractivity contribution < 1.29 is 19.8 Å². The van der Waals surface area contributed by atoms with E-state index >= 15 is 0 Å². The molecule has 1 aromatic rings. The van der Waals surface area contributed by atoms with Crippen LogP contribution in [0.2, 0.25) is 0 Å².